The van der Waals surface area contributed by atoms with Gasteiger partial charge in [-0.2, -0.15) is 0 Å². The number of amides is 2. The minimum Gasteiger partial charge on any atom is -0.497 e. The van der Waals surface area contributed by atoms with Crippen LogP contribution in [0.1, 0.15) is 27.5 Å². The summed E-state index contributed by atoms with van der Waals surface area (Å²) in [7, 11) is 3.11. The van der Waals surface area contributed by atoms with E-state index in [0.29, 0.717) is 11.5 Å². The highest BCUT2D eigenvalue weighted by molar-refractivity contribution is 5.95. The first-order valence-electron chi connectivity index (χ1n) is 10.9. The molecule has 1 aliphatic rings. The molecule has 8 heteroatoms. The van der Waals surface area contributed by atoms with Crippen molar-refractivity contribution in [3.05, 3.63) is 89.5 Å². The van der Waals surface area contributed by atoms with Crippen LogP contribution in [0.3, 0.4) is 0 Å². The fourth-order valence-electron chi connectivity index (χ4n) is 4.29. The van der Waals surface area contributed by atoms with Crippen molar-refractivity contribution in [3.63, 3.8) is 0 Å². The Balaban J connectivity index is 1.62. The molecule has 1 aromatic heterocycles. The smallest absolute Gasteiger partial charge is 0.256 e. The lowest BCUT2D eigenvalue weighted by molar-refractivity contribution is -0.125. The molecule has 2 unspecified atom stereocenters. The molecule has 0 bridgehead atoms. The number of nitrogens with one attached hydrogen (secondary N) is 1. The summed E-state index contributed by atoms with van der Waals surface area (Å²) in [6.07, 6.45) is 1.66. The summed E-state index contributed by atoms with van der Waals surface area (Å²) < 4.78 is 25.2. The number of nitrogens with zero attached hydrogens (tertiary/aromatic N) is 2. The molecule has 7 nitrogen and oxygen atoms in total. The number of rotatable bonds is 7. The van der Waals surface area contributed by atoms with E-state index in [2.05, 4.69) is 10.3 Å². The molecule has 34 heavy (non-hydrogen) atoms. The lowest BCUT2D eigenvalue weighted by Crippen LogP contribution is -2.35. The zero-order chi connectivity index (χ0) is 24.1. The summed E-state index contributed by atoms with van der Waals surface area (Å²) in [4.78, 5) is 32.2. The van der Waals surface area contributed by atoms with E-state index in [-0.39, 0.29) is 37.0 Å². The number of ether oxygens (including phenoxy) is 2. The normalized spacial score (nSPS) is 17.3. The standard InChI is InChI=1S/C26H26FN3O4/c1-33-18-10-11-19(24(13-18)34-2)21-15-30(26(32)20-8-3-4-9-23(20)27)16-22(21)25(31)29-14-17-7-5-6-12-28-17/h3-13,21-22H,14-16H2,1-2H3,(H,29,31). The van der Waals surface area contributed by atoms with Crippen molar-refractivity contribution >= 4 is 11.8 Å². The molecule has 2 heterocycles. The number of hydrogen-bond donors (Lipinski definition) is 1. The third-order valence-electron chi connectivity index (χ3n) is 6.06. The molecule has 2 aromatic carbocycles. The van der Waals surface area contributed by atoms with Gasteiger partial charge in [0.2, 0.25) is 5.91 Å². The second-order valence-corrected chi connectivity index (χ2v) is 8.05. The highest BCUT2D eigenvalue weighted by Crippen LogP contribution is 2.40. The van der Waals surface area contributed by atoms with Crippen LogP contribution in [0.15, 0.2) is 66.9 Å². The van der Waals surface area contributed by atoms with Crippen LogP contribution in [0.5, 0.6) is 11.5 Å². The number of carbonyl (C=O) groups excluding carboxylic acids is 2. The summed E-state index contributed by atoms with van der Waals surface area (Å²) in [6, 6.07) is 16.7. The highest BCUT2D eigenvalue weighted by atomic mass is 19.1. The van der Waals surface area contributed by atoms with Gasteiger partial charge in [-0.25, -0.2) is 4.39 Å². The SMILES string of the molecule is COc1ccc(C2CN(C(=O)c3ccccc3F)CC2C(=O)NCc2ccccn2)c(OC)c1. The van der Waals surface area contributed by atoms with Crippen molar-refractivity contribution in [2.45, 2.75) is 12.5 Å². The van der Waals surface area contributed by atoms with E-state index < -0.39 is 17.6 Å². The van der Waals surface area contributed by atoms with Gasteiger partial charge in [0.15, 0.2) is 0 Å². The van der Waals surface area contributed by atoms with Gasteiger partial charge in [0.1, 0.15) is 17.3 Å². The third kappa shape index (κ3) is 4.85. The maximum atomic E-state index is 14.3. The van der Waals surface area contributed by atoms with Gasteiger partial charge >= 0.3 is 0 Å². The van der Waals surface area contributed by atoms with Crippen molar-refractivity contribution < 1.29 is 23.5 Å². The molecule has 2 atom stereocenters. The minimum atomic E-state index is -0.589. The van der Waals surface area contributed by atoms with Gasteiger partial charge in [0.25, 0.3) is 5.91 Å². The summed E-state index contributed by atoms with van der Waals surface area (Å²) in [5.41, 5.74) is 1.49. The number of likely N-dealkylation sites (tertiary alicyclic amines) is 1. The van der Waals surface area contributed by atoms with Gasteiger partial charge in [-0.1, -0.05) is 24.3 Å². The Morgan fingerprint density at radius 2 is 1.85 bits per heavy atom. The summed E-state index contributed by atoms with van der Waals surface area (Å²) in [6.45, 7) is 0.669. The van der Waals surface area contributed by atoms with Gasteiger partial charge in [-0.3, -0.25) is 14.6 Å². The average Bonchev–Trinajstić information content (AvgIpc) is 3.32. The third-order valence-corrected chi connectivity index (χ3v) is 6.06. The second kappa shape index (κ2) is 10.3. The number of aromatic nitrogens is 1. The van der Waals surface area contributed by atoms with Gasteiger partial charge in [0, 0.05) is 36.8 Å². The van der Waals surface area contributed by atoms with Crippen molar-refractivity contribution in [3.8, 4) is 11.5 Å². The van der Waals surface area contributed by atoms with Gasteiger partial charge in [-0.15, -0.1) is 0 Å². The lowest BCUT2D eigenvalue weighted by atomic mass is 9.87. The topological polar surface area (TPSA) is 80.8 Å². The molecule has 1 fully saturated rings. The van der Waals surface area contributed by atoms with Crippen LogP contribution in [0, 0.1) is 11.7 Å². The van der Waals surface area contributed by atoms with E-state index >= 15 is 0 Å². The second-order valence-electron chi connectivity index (χ2n) is 8.05. The maximum absolute atomic E-state index is 14.3. The zero-order valence-electron chi connectivity index (χ0n) is 19.0. The van der Waals surface area contributed by atoms with Crippen LogP contribution < -0.4 is 14.8 Å². The molecule has 2 amide bonds. The fourth-order valence-corrected chi connectivity index (χ4v) is 4.29. The van der Waals surface area contributed by atoms with Gasteiger partial charge < -0.3 is 19.7 Å². The first-order chi connectivity index (χ1) is 16.5. The molecule has 0 radical (unpaired) electrons. The van der Waals surface area contributed by atoms with E-state index in [0.717, 1.165) is 11.3 Å². The number of methoxy groups -OCH3 is 2. The number of pyridine rings is 1. The summed E-state index contributed by atoms with van der Waals surface area (Å²) >= 11 is 0. The zero-order valence-corrected chi connectivity index (χ0v) is 19.0. The predicted molar refractivity (Wildman–Crippen MR) is 124 cm³/mol. The molecule has 0 aliphatic carbocycles. The van der Waals surface area contributed by atoms with Crippen LogP contribution >= 0.6 is 0 Å². The van der Waals surface area contributed by atoms with Crippen molar-refractivity contribution in [1.82, 2.24) is 15.2 Å². The van der Waals surface area contributed by atoms with E-state index in [9.17, 15) is 14.0 Å². The number of hydrogen-bond acceptors (Lipinski definition) is 5. The van der Waals surface area contributed by atoms with Crippen molar-refractivity contribution in [2.75, 3.05) is 27.3 Å². The van der Waals surface area contributed by atoms with E-state index in [1.54, 1.807) is 44.7 Å². The Morgan fingerprint density at radius 1 is 1.06 bits per heavy atom. The maximum Gasteiger partial charge on any atom is 0.256 e. The molecule has 176 valence electrons. The number of benzene rings is 2. The molecule has 1 N–H and O–H groups in total. The Hall–Kier alpha value is -3.94. The van der Waals surface area contributed by atoms with Crippen LogP contribution in [0.25, 0.3) is 0 Å². The van der Waals surface area contributed by atoms with E-state index in [1.807, 2.05) is 18.2 Å². The fraction of sp³-hybridized carbons (Fsp3) is 0.269. The van der Waals surface area contributed by atoms with Crippen LogP contribution in [0.4, 0.5) is 4.39 Å². The van der Waals surface area contributed by atoms with Crippen molar-refractivity contribution in [1.29, 1.82) is 0 Å². The van der Waals surface area contributed by atoms with Crippen LogP contribution in [-0.4, -0.2) is 49.0 Å². The molecule has 1 saturated heterocycles. The van der Waals surface area contributed by atoms with Crippen molar-refractivity contribution in [2.24, 2.45) is 5.92 Å². The average molecular weight is 464 g/mol. The Bertz CT molecular complexity index is 1170. The van der Waals surface area contributed by atoms with Crippen LogP contribution in [-0.2, 0) is 11.3 Å². The molecule has 0 saturated carbocycles. The van der Waals surface area contributed by atoms with Crippen LogP contribution in [0.2, 0.25) is 0 Å². The number of halogens is 1. The largest absolute Gasteiger partial charge is 0.497 e. The molecule has 1 aliphatic heterocycles. The molecular weight excluding hydrogens is 437 g/mol. The highest BCUT2D eigenvalue weighted by Gasteiger charge is 2.42. The predicted octanol–water partition coefficient (Wildman–Crippen LogP) is 3.41. The van der Waals surface area contributed by atoms with Gasteiger partial charge in [-0.05, 0) is 30.3 Å². The molecule has 4 rings (SSSR count). The first-order valence-corrected chi connectivity index (χ1v) is 10.9. The Labute approximate surface area is 197 Å². The molecular formula is C26H26FN3O4. The summed E-state index contributed by atoms with van der Waals surface area (Å²) in [5.74, 6) is -0.967. The summed E-state index contributed by atoms with van der Waals surface area (Å²) in [5, 5.41) is 2.93. The van der Waals surface area contributed by atoms with E-state index in [4.69, 9.17) is 9.47 Å². The molecule has 3 aromatic rings. The van der Waals surface area contributed by atoms with E-state index in [1.165, 1.54) is 23.1 Å². The Kier molecular flexibility index (Phi) is 7.06. The monoisotopic (exact) mass is 463 g/mol. The molecule has 0 spiro atoms. The first kappa shape index (κ1) is 23.2. The minimum absolute atomic E-state index is 0.0162. The number of carbonyl (C=O) groups is 2. The Morgan fingerprint density at radius 3 is 2.56 bits per heavy atom. The lowest BCUT2D eigenvalue weighted by Gasteiger charge is -2.21. The van der Waals surface area contributed by atoms with Gasteiger partial charge in [0.05, 0.1) is 37.9 Å². The quantitative estimate of drug-likeness (QED) is 0.581.